The number of rotatable bonds is 7. The number of halogens is 2. The Balaban J connectivity index is 0.00000156. The Bertz CT molecular complexity index is 688. The molecular formula is C17H26Cl2O2Si3Ti. The Morgan fingerprint density at radius 1 is 1.12 bits per heavy atom. The second-order valence-electron chi connectivity index (χ2n) is 8.42. The Morgan fingerprint density at radius 3 is 2.44 bits per heavy atom. The van der Waals surface area contributed by atoms with Gasteiger partial charge in [-0.2, -0.15) is 0 Å². The van der Waals surface area contributed by atoms with Crippen LogP contribution in [0.5, 0.6) is 0 Å². The van der Waals surface area contributed by atoms with Crippen LogP contribution >= 0.6 is 0 Å². The van der Waals surface area contributed by atoms with Crippen molar-refractivity contribution in [2.45, 2.75) is 43.1 Å². The number of carbonyl (C=O) groups excluding carboxylic acids is 1. The molecule has 2 aliphatic carbocycles. The van der Waals surface area contributed by atoms with Gasteiger partial charge in [-0.1, -0.05) is 0 Å². The number of hydrogen-bond acceptors (Lipinski definition) is 2. The molecule has 3 rings (SSSR count). The summed E-state index contributed by atoms with van der Waals surface area (Å²) in [6.45, 7) is 12.8. The molecule has 0 saturated carbocycles. The van der Waals surface area contributed by atoms with E-state index in [-0.39, 0.29) is 59.3 Å². The molecule has 0 aromatic rings. The first-order valence-electron chi connectivity index (χ1n) is 8.46. The van der Waals surface area contributed by atoms with Crippen LogP contribution in [-0.2, 0) is 28.4 Å². The zero-order valence-electron chi connectivity index (χ0n) is 15.6. The summed E-state index contributed by atoms with van der Waals surface area (Å²) in [5.41, 5.74) is 2.43. The van der Waals surface area contributed by atoms with Crippen molar-refractivity contribution >= 4 is 31.7 Å². The number of hydrogen-bond donors (Lipinski definition) is 0. The van der Waals surface area contributed by atoms with Crippen LogP contribution in [0.25, 0.3) is 0 Å². The van der Waals surface area contributed by atoms with Gasteiger partial charge in [0.05, 0.1) is 0 Å². The quantitative estimate of drug-likeness (QED) is 0.384. The molecule has 1 aliphatic heterocycles. The van der Waals surface area contributed by atoms with Crippen molar-refractivity contribution in [1.82, 2.24) is 0 Å². The summed E-state index contributed by atoms with van der Waals surface area (Å²) in [4.78, 5) is 12.1. The number of allylic oxidation sites excluding steroid dienone is 8. The largest absolute Gasteiger partial charge is 1.00 e. The molecule has 0 unspecified atom stereocenters. The fraction of sp³-hybridized carbons (Fsp3) is 0.471. The van der Waals surface area contributed by atoms with Gasteiger partial charge in [-0.3, -0.25) is 0 Å². The topological polar surface area (TPSA) is 26.3 Å². The van der Waals surface area contributed by atoms with Gasteiger partial charge in [0, 0.05) is 0 Å². The molecule has 0 atom stereocenters. The molecule has 0 amide bonds. The van der Waals surface area contributed by atoms with Crippen LogP contribution in [0.2, 0.25) is 43.1 Å². The van der Waals surface area contributed by atoms with Gasteiger partial charge >= 0.3 is 153 Å². The van der Waals surface area contributed by atoms with Crippen molar-refractivity contribution in [3.05, 3.63) is 43.6 Å². The first-order chi connectivity index (χ1) is 10.7. The van der Waals surface area contributed by atoms with Gasteiger partial charge in [-0.15, -0.1) is 0 Å². The van der Waals surface area contributed by atoms with E-state index < -0.39 is 16.4 Å². The van der Waals surface area contributed by atoms with Crippen molar-refractivity contribution < 1.29 is 53.2 Å². The minimum Gasteiger partial charge on any atom is -1.00 e. The summed E-state index contributed by atoms with van der Waals surface area (Å²) in [7, 11) is -2.70. The summed E-state index contributed by atoms with van der Waals surface area (Å²) in [6, 6.07) is 1.28. The zero-order valence-corrected chi connectivity index (χ0v) is 22.1. The Hall–Kier alpha value is 0.535. The number of ketones is 1. The average Bonchev–Trinajstić information content (AvgIpc) is 3.11. The van der Waals surface area contributed by atoms with E-state index in [1.807, 2.05) is 6.08 Å². The van der Waals surface area contributed by atoms with Gasteiger partial charge in [0.15, 0.2) is 0 Å². The average molecular weight is 465 g/mol. The Kier molecular flexibility index (Phi) is 8.20. The van der Waals surface area contributed by atoms with Crippen LogP contribution in [0.1, 0.15) is 0 Å². The minimum atomic E-state index is -1.37. The van der Waals surface area contributed by atoms with Crippen molar-refractivity contribution in [2.24, 2.45) is 0 Å². The maximum absolute atomic E-state index is 12.1. The Morgan fingerprint density at radius 2 is 1.80 bits per heavy atom. The molecule has 1 heterocycles. The van der Waals surface area contributed by atoms with Gasteiger partial charge in [-0.25, -0.2) is 0 Å². The molecule has 1 fully saturated rings. The van der Waals surface area contributed by atoms with Gasteiger partial charge in [0.1, 0.15) is 0 Å². The minimum absolute atomic E-state index is 0. The van der Waals surface area contributed by atoms with E-state index in [0.29, 0.717) is 0 Å². The SMILES string of the molecule is C[Si](C)(CCO[Si](C)(C)C)[CH2][Ti+2][C]1=C2[SiH2]C2=C2C(=O)C=CC=C12.[Cl-].[Cl-]. The third kappa shape index (κ3) is 5.75. The maximum atomic E-state index is 12.1. The van der Waals surface area contributed by atoms with Crippen LogP contribution in [0.15, 0.2) is 43.6 Å². The molecule has 8 heteroatoms. The third-order valence-corrected chi connectivity index (χ3v) is 17.4. The first kappa shape index (κ1) is 23.6. The molecule has 3 aliphatic rings. The fourth-order valence-electron chi connectivity index (χ4n) is 3.08. The summed E-state index contributed by atoms with van der Waals surface area (Å²) < 4.78 is 9.17. The van der Waals surface area contributed by atoms with Crippen molar-refractivity contribution in [2.75, 3.05) is 6.61 Å². The van der Waals surface area contributed by atoms with Gasteiger partial charge < -0.3 is 24.8 Å². The van der Waals surface area contributed by atoms with Crippen LogP contribution in [0.3, 0.4) is 0 Å². The molecule has 0 radical (unpaired) electrons. The zero-order chi connectivity index (χ0) is 16.8. The second kappa shape index (κ2) is 8.69. The van der Waals surface area contributed by atoms with E-state index in [9.17, 15) is 4.79 Å². The predicted molar refractivity (Wildman–Crippen MR) is 101 cm³/mol. The number of fused-ring (bicyclic) bond motifs is 2. The van der Waals surface area contributed by atoms with E-state index in [0.717, 1.165) is 12.2 Å². The van der Waals surface area contributed by atoms with Crippen molar-refractivity contribution in [1.29, 1.82) is 0 Å². The van der Waals surface area contributed by atoms with E-state index in [1.54, 1.807) is 15.2 Å². The fourth-order valence-corrected chi connectivity index (χ4v) is 13.3. The summed E-state index contributed by atoms with van der Waals surface area (Å²) in [5, 5.41) is 3.18. The molecule has 0 aromatic heterocycles. The molecule has 0 N–H and O–H groups in total. The van der Waals surface area contributed by atoms with E-state index >= 15 is 0 Å². The van der Waals surface area contributed by atoms with Crippen LogP contribution in [-0.4, -0.2) is 38.3 Å². The van der Waals surface area contributed by atoms with E-state index in [4.69, 9.17) is 4.43 Å². The van der Waals surface area contributed by atoms with Crippen LogP contribution in [0, 0.1) is 0 Å². The third-order valence-electron chi connectivity index (χ3n) is 4.55. The molecule has 0 spiro atoms. The molecule has 0 aromatic carbocycles. The molecule has 136 valence electrons. The molecule has 1 saturated heterocycles. The molecular weight excluding hydrogens is 439 g/mol. The molecule has 25 heavy (non-hydrogen) atoms. The number of carbonyl (C=O) groups is 1. The van der Waals surface area contributed by atoms with Crippen LogP contribution < -0.4 is 24.8 Å². The van der Waals surface area contributed by atoms with Gasteiger partial charge in [0.2, 0.25) is 0 Å². The molecule has 2 nitrogen and oxygen atoms in total. The van der Waals surface area contributed by atoms with E-state index in [1.165, 1.54) is 21.2 Å². The Labute approximate surface area is 177 Å². The first-order valence-corrected chi connectivity index (χ1v) is 18.6. The standard InChI is InChI=1S/C9H5OSi.C8H21OSi2.2ClH.Ti/c10-6-3-1-2-5-4-7-9(11-7)8(5)6;1-10(2,3)8-7-9-11(4,5)6;;;/h1-3H,11H2;1,7-8H2,2-6H3;2*1H;/q;;;;+2/p-2. The normalized spacial score (nSPS) is 19.1. The van der Waals surface area contributed by atoms with Gasteiger partial charge in [0.25, 0.3) is 0 Å². The smallest absolute Gasteiger partial charge is 1.00 e. The maximum Gasteiger partial charge on any atom is -1.00 e. The monoisotopic (exact) mass is 464 g/mol. The predicted octanol–water partition coefficient (Wildman–Crippen LogP) is -2.68. The summed E-state index contributed by atoms with van der Waals surface area (Å²) in [6.07, 6.45) is 5.88. The summed E-state index contributed by atoms with van der Waals surface area (Å²) >= 11 is -0.0957. The summed E-state index contributed by atoms with van der Waals surface area (Å²) in [5.74, 6) is 0.265. The molecule has 0 bridgehead atoms. The second-order valence-corrected chi connectivity index (χ2v) is 22.9. The van der Waals surface area contributed by atoms with Crippen molar-refractivity contribution in [3.63, 3.8) is 0 Å². The van der Waals surface area contributed by atoms with Crippen molar-refractivity contribution in [3.8, 4) is 0 Å². The van der Waals surface area contributed by atoms with E-state index in [2.05, 4.69) is 38.8 Å². The van der Waals surface area contributed by atoms with Gasteiger partial charge in [-0.05, 0) is 0 Å². The van der Waals surface area contributed by atoms with Crippen LogP contribution in [0.4, 0.5) is 0 Å².